The first-order valence-electron chi connectivity index (χ1n) is 8.75. The van der Waals surface area contributed by atoms with Crippen LogP contribution in [0.4, 0.5) is 0 Å². The van der Waals surface area contributed by atoms with E-state index in [1.807, 2.05) is 0 Å². The summed E-state index contributed by atoms with van der Waals surface area (Å²) in [5, 5.41) is 6.81. The average molecular weight is 389 g/mol. The highest BCUT2D eigenvalue weighted by molar-refractivity contribution is 6.31. The van der Waals surface area contributed by atoms with Crippen molar-refractivity contribution in [1.29, 1.82) is 0 Å². The van der Waals surface area contributed by atoms with Crippen LogP contribution in [0.15, 0.2) is 27.8 Å². The minimum absolute atomic E-state index is 0.0853. The van der Waals surface area contributed by atoms with Gasteiger partial charge in [0.25, 0.3) is 5.56 Å². The number of H-pyrrole nitrogens is 2. The average Bonchev–Trinajstić information content (AvgIpc) is 3.08. The lowest BCUT2D eigenvalue weighted by Crippen LogP contribution is -2.33. The van der Waals surface area contributed by atoms with Crippen LogP contribution in [0.3, 0.4) is 0 Å². The van der Waals surface area contributed by atoms with Crippen LogP contribution in [0.5, 0.6) is 0 Å². The normalized spacial score (nSPS) is 15.3. The number of nitrogens with one attached hydrogen (secondary N) is 3. The molecule has 1 saturated carbocycles. The SMILES string of the molecule is O=C(ONC1CCCCC1)c1n[nH]c2c(=O)[nH]c3cc(Cl)ccc3c(=O)c12. The predicted octanol–water partition coefficient (Wildman–Crippen LogP) is 2.41. The lowest BCUT2D eigenvalue weighted by atomic mass is 9.96. The molecule has 27 heavy (non-hydrogen) atoms. The Labute approximate surface area is 157 Å². The van der Waals surface area contributed by atoms with Gasteiger partial charge in [-0.25, -0.2) is 4.79 Å². The summed E-state index contributed by atoms with van der Waals surface area (Å²) in [6.07, 6.45) is 5.16. The van der Waals surface area contributed by atoms with Gasteiger partial charge < -0.3 is 9.82 Å². The highest BCUT2D eigenvalue weighted by atomic mass is 35.5. The number of rotatable bonds is 3. The van der Waals surface area contributed by atoms with E-state index in [0.29, 0.717) is 5.02 Å². The van der Waals surface area contributed by atoms with Crippen molar-refractivity contribution in [3.63, 3.8) is 0 Å². The summed E-state index contributed by atoms with van der Waals surface area (Å²) in [4.78, 5) is 45.6. The lowest BCUT2D eigenvalue weighted by Gasteiger charge is -2.21. The number of nitrogens with zero attached hydrogens (tertiary/aromatic N) is 1. The quantitative estimate of drug-likeness (QED) is 0.593. The third-order valence-electron chi connectivity index (χ3n) is 4.81. The molecular weight excluding hydrogens is 372 g/mol. The van der Waals surface area contributed by atoms with Crippen molar-refractivity contribution in [3.05, 3.63) is 49.5 Å². The fraction of sp³-hybridized carbons (Fsp3) is 0.333. The number of carbonyl (C=O) groups excluding carboxylic acids is 1. The van der Waals surface area contributed by atoms with E-state index in [4.69, 9.17) is 16.4 Å². The molecule has 0 radical (unpaired) electrons. The molecule has 4 rings (SSSR count). The molecule has 0 amide bonds. The topological polar surface area (TPSA) is 117 Å². The molecule has 3 N–H and O–H groups in total. The number of hydrogen-bond donors (Lipinski definition) is 3. The second-order valence-corrected chi connectivity index (χ2v) is 7.07. The fourth-order valence-corrected chi connectivity index (χ4v) is 3.59. The molecule has 2 heterocycles. The van der Waals surface area contributed by atoms with Crippen LogP contribution >= 0.6 is 11.6 Å². The van der Waals surface area contributed by atoms with Crippen molar-refractivity contribution in [1.82, 2.24) is 20.7 Å². The summed E-state index contributed by atoms with van der Waals surface area (Å²) in [7, 11) is 0. The fourth-order valence-electron chi connectivity index (χ4n) is 3.42. The number of fused-ring (bicyclic) bond motifs is 2. The number of benzene rings is 1. The monoisotopic (exact) mass is 388 g/mol. The molecule has 0 atom stereocenters. The first-order valence-corrected chi connectivity index (χ1v) is 9.13. The predicted molar refractivity (Wildman–Crippen MR) is 101 cm³/mol. The maximum Gasteiger partial charge on any atom is 0.378 e. The molecule has 0 aliphatic heterocycles. The van der Waals surface area contributed by atoms with Gasteiger partial charge in [0.2, 0.25) is 0 Å². The van der Waals surface area contributed by atoms with Crippen molar-refractivity contribution >= 4 is 39.4 Å². The van der Waals surface area contributed by atoms with E-state index in [-0.39, 0.29) is 33.5 Å². The Morgan fingerprint density at radius 2 is 2.00 bits per heavy atom. The van der Waals surface area contributed by atoms with E-state index < -0.39 is 17.0 Å². The van der Waals surface area contributed by atoms with Crippen LogP contribution in [0.2, 0.25) is 5.02 Å². The van der Waals surface area contributed by atoms with Crippen molar-refractivity contribution in [3.8, 4) is 0 Å². The third kappa shape index (κ3) is 3.33. The summed E-state index contributed by atoms with van der Waals surface area (Å²) in [6.45, 7) is 0. The number of halogens is 1. The zero-order valence-electron chi connectivity index (χ0n) is 14.3. The van der Waals surface area contributed by atoms with Crippen molar-refractivity contribution < 1.29 is 9.63 Å². The molecule has 0 spiro atoms. The largest absolute Gasteiger partial charge is 0.378 e. The van der Waals surface area contributed by atoms with E-state index in [9.17, 15) is 14.4 Å². The van der Waals surface area contributed by atoms with Gasteiger partial charge in [-0.3, -0.25) is 14.7 Å². The van der Waals surface area contributed by atoms with Crippen LogP contribution in [0.1, 0.15) is 42.6 Å². The number of carbonyl (C=O) groups is 1. The summed E-state index contributed by atoms with van der Waals surface area (Å²) < 4.78 is 0. The number of aromatic nitrogens is 3. The lowest BCUT2D eigenvalue weighted by molar-refractivity contribution is 0.0108. The zero-order chi connectivity index (χ0) is 19.0. The first kappa shape index (κ1) is 17.7. The Morgan fingerprint density at radius 3 is 2.78 bits per heavy atom. The molecule has 1 aliphatic carbocycles. The van der Waals surface area contributed by atoms with Crippen LogP contribution < -0.4 is 16.5 Å². The summed E-state index contributed by atoms with van der Waals surface area (Å²) >= 11 is 5.94. The van der Waals surface area contributed by atoms with Gasteiger partial charge in [0.05, 0.1) is 10.9 Å². The van der Waals surface area contributed by atoms with Gasteiger partial charge in [-0.1, -0.05) is 30.9 Å². The molecule has 0 unspecified atom stereocenters. The molecule has 9 heteroatoms. The maximum atomic E-state index is 13.0. The van der Waals surface area contributed by atoms with Crippen LogP contribution in [0, 0.1) is 0 Å². The molecule has 1 fully saturated rings. The van der Waals surface area contributed by atoms with Crippen molar-refractivity contribution in [2.75, 3.05) is 0 Å². The molecule has 140 valence electrons. The van der Waals surface area contributed by atoms with Crippen LogP contribution in [-0.4, -0.2) is 27.2 Å². The van der Waals surface area contributed by atoms with E-state index in [0.717, 1.165) is 25.7 Å². The molecule has 0 bridgehead atoms. The van der Waals surface area contributed by atoms with Gasteiger partial charge in [-0.05, 0) is 31.0 Å². The van der Waals surface area contributed by atoms with E-state index in [2.05, 4.69) is 20.7 Å². The molecule has 3 aromatic rings. The van der Waals surface area contributed by atoms with E-state index in [1.54, 1.807) is 0 Å². The first-order chi connectivity index (χ1) is 13.0. The number of hydroxylamine groups is 1. The second-order valence-electron chi connectivity index (χ2n) is 6.64. The Hall–Kier alpha value is -2.71. The van der Waals surface area contributed by atoms with Gasteiger partial charge in [0.1, 0.15) is 5.52 Å². The summed E-state index contributed by atoms with van der Waals surface area (Å²) in [6, 6.07) is 4.60. The van der Waals surface area contributed by atoms with Gasteiger partial charge in [0, 0.05) is 16.5 Å². The Kier molecular flexibility index (Phi) is 4.67. The zero-order valence-corrected chi connectivity index (χ0v) is 15.1. The minimum Gasteiger partial charge on any atom is -0.365 e. The molecule has 0 saturated heterocycles. The smallest absolute Gasteiger partial charge is 0.365 e. The van der Waals surface area contributed by atoms with Gasteiger partial charge in [-0.2, -0.15) is 5.10 Å². The minimum atomic E-state index is -0.809. The maximum absolute atomic E-state index is 13.0. The highest BCUT2D eigenvalue weighted by Crippen LogP contribution is 2.19. The summed E-state index contributed by atoms with van der Waals surface area (Å²) in [5.41, 5.74) is 1.64. The molecule has 1 aliphatic rings. The van der Waals surface area contributed by atoms with Gasteiger partial charge in [-0.15, -0.1) is 5.48 Å². The van der Waals surface area contributed by atoms with Crippen molar-refractivity contribution in [2.24, 2.45) is 0 Å². The van der Waals surface area contributed by atoms with Gasteiger partial charge >= 0.3 is 5.97 Å². The third-order valence-corrected chi connectivity index (χ3v) is 5.05. The van der Waals surface area contributed by atoms with Crippen LogP contribution in [0.25, 0.3) is 21.8 Å². The Balaban J connectivity index is 1.77. The van der Waals surface area contributed by atoms with Gasteiger partial charge in [0.15, 0.2) is 11.1 Å². The number of hydrogen-bond acceptors (Lipinski definition) is 6. The Bertz CT molecular complexity index is 1150. The summed E-state index contributed by atoms with van der Waals surface area (Å²) in [5.74, 6) is -0.809. The standard InChI is InChI=1S/C18H17ClN4O4/c19-9-6-7-11-12(8-9)20-17(25)14-13(16(11)24)15(22-21-14)18(26)27-23-10-4-2-1-3-5-10/h6-8,10,23H,1-5H2,(H,20,25)(H,21,22). The highest BCUT2D eigenvalue weighted by Gasteiger charge is 2.22. The van der Waals surface area contributed by atoms with E-state index in [1.165, 1.54) is 24.6 Å². The molecule has 1 aromatic carbocycles. The Morgan fingerprint density at radius 1 is 1.22 bits per heavy atom. The van der Waals surface area contributed by atoms with Crippen LogP contribution in [-0.2, 0) is 4.84 Å². The van der Waals surface area contributed by atoms with Crippen molar-refractivity contribution in [2.45, 2.75) is 38.1 Å². The molecule has 2 aromatic heterocycles. The molecular formula is C18H17ClN4O4. The van der Waals surface area contributed by atoms with E-state index >= 15 is 0 Å². The second kappa shape index (κ2) is 7.13. The molecule has 8 nitrogen and oxygen atoms in total. The number of aromatic amines is 2.